The zero-order valence-electron chi connectivity index (χ0n) is 10.9. The first-order chi connectivity index (χ1) is 7.85. The van der Waals surface area contributed by atoms with Crippen LogP contribution in [-0.4, -0.2) is 19.6 Å². The molecule has 16 heavy (non-hydrogen) atoms. The Kier molecular flexibility index (Phi) is 11.7. The second kappa shape index (κ2) is 12.3. The van der Waals surface area contributed by atoms with E-state index in [9.17, 15) is 0 Å². The van der Waals surface area contributed by atoms with Crippen molar-refractivity contribution in [2.45, 2.75) is 58.3 Å². The molecular weight excluding hydrogens is 200 g/mol. The van der Waals surface area contributed by atoms with E-state index in [1.165, 1.54) is 51.4 Å². The van der Waals surface area contributed by atoms with Crippen molar-refractivity contribution in [1.29, 1.82) is 0 Å². The SMILES string of the molecule is CCCCCCCCCCNC(=NC)NN. The maximum atomic E-state index is 5.25. The zero-order valence-corrected chi connectivity index (χ0v) is 10.9. The minimum atomic E-state index is 0.669. The number of unbranched alkanes of at least 4 members (excludes halogenated alkanes) is 7. The molecule has 0 aliphatic carbocycles. The molecule has 0 aromatic heterocycles. The molecule has 0 heterocycles. The van der Waals surface area contributed by atoms with Gasteiger partial charge in [0.15, 0.2) is 0 Å². The van der Waals surface area contributed by atoms with Crippen LogP contribution >= 0.6 is 0 Å². The summed E-state index contributed by atoms with van der Waals surface area (Å²) in [7, 11) is 1.72. The van der Waals surface area contributed by atoms with E-state index in [0.29, 0.717) is 5.96 Å². The van der Waals surface area contributed by atoms with Crippen molar-refractivity contribution < 1.29 is 0 Å². The van der Waals surface area contributed by atoms with E-state index in [4.69, 9.17) is 5.84 Å². The number of nitrogens with zero attached hydrogens (tertiary/aromatic N) is 1. The number of hydrogen-bond donors (Lipinski definition) is 3. The van der Waals surface area contributed by atoms with Gasteiger partial charge in [0.25, 0.3) is 0 Å². The van der Waals surface area contributed by atoms with Gasteiger partial charge in [0.2, 0.25) is 5.96 Å². The van der Waals surface area contributed by atoms with Gasteiger partial charge in [0.05, 0.1) is 0 Å². The van der Waals surface area contributed by atoms with Gasteiger partial charge in [-0.05, 0) is 6.42 Å². The van der Waals surface area contributed by atoms with Gasteiger partial charge in [-0.15, -0.1) is 0 Å². The fourth-order valence-corrected chi connectivity index (χ4v) is 1.66. The van der Waals surface area contributed by atoms with Gasteiger partial charge in [0, 0.05) is 13.6 Å². The molecule has 0 atom stereocenters. The zero-order chi connectivity index (χ0) is 12.1. The molecule has 0 aliphatic rings. The topological polar surface area (TPSA) is 62.4 Å². The van der Waals surface area contributed by atoms with E-state index in [1.54, 1.807) is 7.05 Å². The maximum absolute atomic E-state index is 5.25. The molecular formula is C12H28N4. The molecule has 4 heteroatoms. The highest BCUT2D eigenvalue weighted by Crippen LogP contribution is 2.07. The van der Waals surface area contributed by atoms with Crippen LogP contribution in [0.2, 0.25) is 0 Å². The molecule has 0 saturated carbocycles. The third kappa shape index (κ3) is 9.77. The standard InChI is InChI=1S/C12H28N4/c1-3-4-5-6-7-8-9-10-11-15-12(14-2)16-13/h3-11,13H2,1-2H3,(H2,14,15,16). The summed E-state index contributed by atoms with van der Waals surface area (Å²) in [5.74, 6) is 5.92. The van der Waals surface area contributed by atoms with Gasteiger partial charge in [-0.25, -0.2) is 5.84 Å². The minimum Gasteiger partial charge on any atom is -0.355 e. The van der Waals surface area contributed by atoms with Crippen molar-refractivity contribution in [2.24, 2.45) is 10.8 Å². The Bertz CT molecular complexity index is 168. The largest absolute Gasteiger partial charge is 0.355 e. The van der Waals surface area contributed by atoms with E-state index >= 15 is 0 Å². The molecule has 0 aromatic carbocycles. The Labute approximate surface area is 100 Å². The summed E-state index contributed by atoms with van der Waals surface area (Å²) in [6, 6.07) is 0. The summed E-state index contributed by atoms with van der Waals surface area (Å²) >= 11 is 0. The normalized spacial score (nSPS) is 11.6. The highest BCUT2D eigenvalue weighted by Gasteiger charge is 1.93. The van der Waals surface area contributed by atoms with Gasteiger partial charge in [-0.3, -0.25) is 10.4 Å². The highest BCUT2D eigenvalue weighted by atomic mass is 15.3. The van der Waals surface area contributed by atoms with Crippen LogP contribution in [0.1, 0.15) is 58.3 Å². The molecule has 0 saturated heterocycles. The van der Waals surface area contributed by atoms with Crippen LogP contribution in [0.3, 0.4) is 0 Å². The molecule has 0 spiro atoms. The van der Waals surface area contributed by atoms with E-state index in [-0.39, 0.29) is 0 Å². The van der Waals surface area contributed by atoms with Gasteiger partial charge in [-0.1, -0.05) is 51.9 Å². The van der Waals surface area contributed by atoms with Crippen LogP contribution < -0.4 is 16.6 Å². The van der Waals surface area contributed by atoms with Crippen molar-refractivity contribution in [3.8, 4) is 0 Å². The lowest BCUT2D eigenvalue weighted by molar-refractivity contribution is 0.571. The molecule has 0 amide bonds. The van der Waals surface area contributed by atoms with Crippen molar-refractivity contribution in [2.75, 3.05) is 13.6 Å². The first-order valence-corrected chi connectivity index (χ1v) is 6.52. The summed E-state index contributed by atoms with van der Waals surface area (Å²) in [5, 5.41) is 3.14. The maximum Gasteiger partial charge on any atom is 0.205 e. The third-order valence-corrected chi connectivity index (χ3v) is 2.68. The predicted molar refractivity (Wildman–Crippen MR) is 71.3 cm³/mol. The second-order valence-electron chi connectivity index (χ2n) is 4.12. The smallest absolute Gasteiger partial charge is 0.205 e. The van der Waals surface area contributed by atoms with Crippen LogP contribution in [0.4, 0.5) is 0 Å². The molecule has 0 unspecified atom stereocenters. The summed E-state index contributed by atoms with van der Waals surface area (Å²) in [6.45, 7) is 3.20. The Morgan fingerprint density at radius 1 is 1.00 bits per heavy atom. The minimum absolute atomic E-state index is 0.669. The van der Waals surface area contributed by atoms with Crippen molar-refractivity contribution in [3.63, 3.8) is 0 Å². The molecule has 0 fully saturated rings. The Morgan fingerprint density at radius 3 is 2.06 bits per heavy atom. The summed E-state index contributed by atoms with van der Waals surface area (Å²) < 4.78 is 0. The summed E-state index contributed by atoms with van der Waals surface area (Å²) in [4.78, 5) is 3.94. The van der Waals surface area contributed by atoms with Gasteiger partial charge in [0.1, 0.15) is 0 Å². The number of hydrogen-bond acceptors (Lipinski definition) is 2. The van der Waals surface area contributed by atoms with Gasteiger partial charge in [-0.2, -0.15) is 0 Å². The van der Waals surface area contributed by atoms with Gasteiger partial charge < -0.3 is 5.32 Å². The number of nitrogens with two attached hydrogens (primary N) is 1. The number of aliphatic imine (C=N–C) groups is 1. The quantitative estimate of drug-likeness (QED) is 0.186. The van der Waals surface area contributed by atoms with Crippen LogP contribution in [0.15, 0.2) is 4.99 Å². The van der Waals surface area contributed by atoms with Crippen LogP contribution in [-0.2, 0) is 0 Å². The van der Waals surface area contributed by atoms with E-state index < -0.39 is 0 Å². The van der Waals surface area contributed by atoms with Crippen molar-refractivity contribution >= 4 is 5.96 Å². The lowest BCUT2D eigenvalue weighted by Crippen LogP contribution is -2.41. The Morgan fingerprint density at radius 2 is 1.56 bits per heavy atom. The predicted octanol–water partition coefficient (Wildman–Crippen LogP) is 2.17. The summed E-state index contributed by atoms with van der Waals surface area (Å²) in [5.41, 5.74) is 2.52. The average molecular weight is 228 g/mol. The Hall–Kier alpha value is -0.770. The molecule has 0 bridgehead atoms. The average Bonchev–Trinajstić information content (AvgIpc) is 2.32. The van der Waals surface area contributed by atoms with Crippen LogP contribution in [0, 0.1) is 0 Å². The molecule has 0 aliphatic heterocycles. The molecule has 4 nitrogen and oxygen atoms in total. The second-order valence-corrected chi connectivity index (χ2v) is 4.12. The first kappa shape index (κ1) is 15.2. The van der Waals surface area contributed by atoms with Crippen LogP contribution in [0.25, 0.3) is 0 Å². The fourth-order valence-electron chi connectivity index (χ4n) is 1.66. The number of guanidine groups is 1. The number of hydrazine groups is 1. The molecule has 96 valence electrons. The molecule has 0 radical (unpaired) electrons. The summed E-state index contributed by atoms with van der Waals surface area (Å²) in [6.07, 6.45) is 10.7. The molecule has 0 aromatic rings. The fraction of sp³-hybridized carbons (Fsp3) is 0.917. The van der Waals surface area contributed by atoms with E-state index in [0.717, 1.165) is 6.54 Å². The van der Waals surface area contributed by atoms with Crippen LogP contribution in [0.5, 0.6) is 0 Å². The number of nitrogens with one attached hydrogen (secondary N) is 2. The van der Waals surface area contributed by atoms with Gasteiger partial charge >= 0.3 is 0 Å². The van der Waals surface area contributed by atoms with E-state index in [2.05, 4.69) is 22.7 Å². The van der Waals surface area contributed by atoms with E-state index in [1.807, 2.05) is 0 Å². The lowest BCUT2D eigenvalue weighted by Gasteiger charge is -2.07. The lowest BCUT2D eigenvalue weighted by atomic mass is 10.1. The molecule has 4 N–H and O–H groups in total. The van der Waals surface area contributed by atoms with Crippen molar-refractivity contribution in [3.05, 3.63) is 0 Å². The Balaban J connectivity index is 3.09. The third-order valence-electron chi connectivity index (χ3n) is 2.68. The first-order valence-electron chi connectivity index (χ1n) is 6.52. The van der Waals surface area contributed by atoms with Crippen molar-refractivity contribution in [1.82, 2.24) is 10.7 Å². The number of rotatable bonds is 9. The molecule has 0 rings (SSSR count). The highest BCUT2D eigenvalue weighted by molar-refractivity contribution is 5.78. The monoisotopic (exact) mass is 228 g/mol.